The average molecular weight is 917 g/mol. The first-order valence-electron chi connectivity index (χ1n) is 23.0. The molecule has 0 saturated heterocycles. The highest BCUT2D eigenvalue weighted by molar-refractivity contribution is 6.28. The number of nitrogens with one attached hydrogen (secondary N) is 4. The second-order valence-electron chi connectivity index (χ2n) is 18.7. The number of carbonyl (C=O) groups is 8. The molecule has 0 aliphatic heterocycles. The molecule has 0 unspecified atom stereocenters. The molecule has 4 N–H and O–H groups in total. The van der Waals surface area contributed by atoms with Gasteiger partial charge in [0, 0.05) is 53.0 Å². The van der Waals surface area contributed by atoms with Gasteiger partial charge in [0.05, 0.1) is 6.21 Å². The first kappa shape index (κ1) is 56.2. The first-order valence-corrected chi connectivity index (χ1v) is 23.0. The van der Waals surface area contributed by atoms with Crippen LogP contribution in [0.3, 0.4) is 0 Å². The van der Waals surface area contributed by atoms with Crippen molar-refractivity contribution >= 4 is 53.5 Å². The molecule has 0 aliphatic rings. The van der Waals surface area contributed by atoms with E-state index < -0.39 is 71.7 Å². The molecular formula is C50H76N8O8. The van der Waals surface area contributed by atoms with Crippen molar-refractivity contribution in [1.29, 1.82) is 0 Å². The third kappa shape index (κ3) is 18.5. The van der Waals surface area contributed by atoms with Gasteiger partial charge in [-0.1, -0.05) is 109 Å². The van der Waals surface area contributed by atoms with Gasteiger partial charge in [0.15, 0.2) is 0 Å². The Labute approximate surface area is 392 Å². The summed E-state index contributed by atoms with van der Waals surface area (Å²) in [5.41, 5.74) is 1.75. The Morgan fingerprint density at radius 3 is 1.58 bits per heavy atom. The topological polar surface area (TPSA) is 207 Å². The van der Waals surface area contributed by atoms with E-state index in [0.717, 1.165) is 17.3 Å². The number of aliphatic imine (C=N–C) groups is 1. The lowest BCUT2D eigenvalue weighted by molar-refractivity contribution is -0.149. The van der Waals surface area contributed by atoms with Gasteiger partial charge in [-0.3, -0.25) is 38.4 Å². The largest absolute Gasteiger partial charge is 0.357 e. The highest BCUT2D eigenvalue weighted by Gasteiger charge is 2.38. The van der Waals surface area contributed by atoms with Crippen LogP contribution in [0.25, 0.3) is 0 Å². The second kappa shape index (κ2) is 27.5. The molecule has 0 spiro atoms. The minimum Gasteiger partial charge on any atom is -0.357 e. The summed E-state index contributed by atoms with van der Waals surface area (Å²) in [5.74, 6) is -4.50. The molecule has 16 nitrogen and oxygen atoms in total. The zero-order valence-corrected chi connectivity index (χ0v) is 41.4. The molecule has 0 bridgehead atoms. The van der Waals surface area contributed by atoms with Crippen molar-refractivity contribution in [3.8, 4) is 0 Å². The van der Waals surface area contributed by atoms with Crippen LogP contribution in [0.1, 0.15) is 99.1 Å². The van der Waals surface area contributed by atoms with Gasteiger partial charge in [-0.2, -0.15) is 0 Å². The van der Waals surface area contributed by atoms with Gasteiger partial charge in [0.1, 0.15) is 30.2 Å². The Balaban J connectivity index is 2.28. The molecule has 364 valence electrons. The lowest BCUT2D eigenvalue weighted by atomic mass is 9.97. The molecule has 0 aliphatic carbocycles. The third-order valence-electron chi connectivity index (χ3n) is 11.3. The van der Waals surface area contributed by atoms with Crippen LogP contribution in [-0.2, 0) is 51.2 Å². The van der Waals surface area contributed by atoms with E-state index in [0.29, 0.717) is 12.8 Å². The first-order chi connectivity index (χ1) is 31.0. The highest BCUT2D eigenvalue weighted by Crippen LogP contribution is 2.20. The predicted octanol–water partition coefficient (Wildman–Crippen LogP) is 3.95. The summed E-state index contributed by atoms with van der Waals surface area (Å²) in [5, 5.41) is 10.9. The zero-order chi connectivity index (χ0) is 49.8. The van der Waals surface area contributed by atoms with Crippen molar-refractivity contribution in [3.05, 3.63) is 71.8 Å². The van der Waals surface area contributed by atoms with Crippen LogP contribution in [0, 0.1) is 23.7 Å². The van der Waals surface area contributed by atoms with Crippen LogP contribution in [0.15, 0.2) is 65.7 Å². The fourth-order valence-corrected chi connectivity index (χ4v) is 7.52. The average Bonchev–Trinajstić information content (AvgIpc) is 3.26. The second-order valence-corrected chi connectivity index (χ2v) is 18.7. The Morgan fingerprint density at radius 1 is 0.561 bits per heavy atom. The van der Waals surface area contributed by atoms with Crippen LogP contribution < -0.4 is 21.3 Å². The number of benzene rings is 2. The summed E-state index contributed by atoms with van der Waals surface area (Å²) in [7, 11) is 5.90. The molecule has 16 heteroatoms. The summed E-state index contributed by atoms with van der Waals surface area (Å²) in [6.45, 7) is 16.5. The van der Waals surface area contributed by atoms with Crippen molar-refractivity contribution < 1.29 is 38.4 Å². The van der Waals surface area contributed by atoms with E-state index in [9.17, 15) is 38.4 Å². The van der Waals surface area contributed by atoms with Gasteiger partial charge in [-0.15, -0.1) is 0 Å². The minimum atomic E-state index is -1.18. The molecular weight excluding hydrogens is 841 g/mol. The lowest BCUT2D eigenvalue weighted by Crippen LogP contribution is -2.58. The maximum atomic E-state index is 14.6. The molecule has 0 radical (unpaired) electrons. The van der Waals surface area contributed by atoms with Gasteiger partial charge in [-0.05, 0) is 68.4 Å². The number of amides is 8. The zero-order valence-electron chi connectivity index (χ0n) is 41.4. The molecule has 0 fully saturated rings. The van der Waals surface area contributed by atoms with Crippen molar-refractivity contribution in [2.45, 2.75) is 137 Å². The molecule has 0 heterocycles. The molecule has 0 saturated carbocycles. The molecule has 2 rings (SSSR count). The number of rotatable bonds is 25. The van der Waals surface area contributed by atoms with Crippen LogP contribution in [0.4, 0.5) is 0 Å². The van der Waals surface area contributed by atoms with E-state index >= 15 is 0 Å². The lowest BCUT2D eigenvalue weighted by Gasteiger charge is -2.36. The van der Waals surface area contributed by atoms with Crippen molar-refractivity contribution in [1.82, 2.24) is 36.0 Å². The molecule has 8 amide bonds. The summed E-state index contributed by atoms with van der Waals surface area (Å²) >= 11 is 0. The Morgan fingerprint density at radius 2 is 1.06 bits per heavy atom. The quantitative estimate of drug-likeness (QED) is 0.107. The van der Waals surface area contributed by atoms with E-state index in [2.05, 4.69) is 26.3 Å². The van der Waals surface area contributed by atoms with Gasteiger partial charge >= 0.3 is 0 Å². The molecule has 7 atom stereocenters. The summed E-state index contributed by atoms with van der Waals surface area (Å²) < 4.78 is 0. The fourth-order valence-electron chi connectivity index (χ4n) is 7.52. The molecule has 66 heavy (non-hydrogen) atoms. The molecule has 2 aromatic rings. The SMILES string of the molecule is CNC(=O)[C@H](CC(C)C)N(C)C(=O)/C=N\C(=O)[C@H](Cc1ccccc1)N(C)C(=O)[C@H](CC(C)C)N(C)C(=O)[C@H](CC(C)C)NC(=O)[C@H](C)NC(=O)C[C@@H](C)NC(=O)[C@@H](C)Cc1ccccc1. The van der Waals surface area contributed by atoms with E-state index in [1.165, 1.54) is 49.8 Å². The highest BCUT2D eigenvalue weighted by atomic mass is 16.2. The van der Waals surface area contributed by atoms with Crippen LogP contribution in [0.5, 0.6) is 0 Å². The van der Waals surface area contributed by atoms with Crippen LogP contribution in [-0.4, -0.2) is 133 Å². The number of likely N-dealkylation sites (N-methyl/N-ethyl adjacent to an activating group) is 4. The van der Waals surface area contributed by atoms with E-state index in [4.69, 9.17) is 0 Å². The fraction of sp³-hybridized carbons (Fsp3) is 0.580. The van der Waals surface area contributed by atoms with Crippen molar-refractivity contribution in [2.75, 3.05) is 28.2 Å². The predicted molar refractivity (Wildman–Crippen MR) is 257 cm³/mol. The maximum absolute atomic E-state index is 14.6. The smallest absolute Gasteiger partial charge is 0.268 e. The summed E-state index contributed by atoms with van der Waals surface area (Å²) in [6.07, 6.45) is 2.22. The standard InChI is InChI=1S/C50H76N8O8/c1-31(2)24-39(55-46(62)36(9)54-43(59)28-35(8)53-45(61)34(7)27-37-20-16-14-17-21-37)49(65)58(13)42(26-33(5)6)50(66)57(12)41(29-38-22-18-15-19-23-38)48(64)52-30-44(60)56(11)40(25-32(3)4)47(63)51-10/h14-23,30-36,39-42H,24-29H2,1-13H3,(H,51,63)(H,53,61)(H,54,59)(H,55,62)/b52-30-/t34-,35+,36-,39-,40-,41-,42-/m0/s1. The van der Waals surface area contributed by atoms with Gasteiger partial charge in [-0.25, -0.2) is 4.99 Å². The molecule has 0 aromatic heterocycles. The number of nitrogens with zero attached hydrogens (tertiary/aromatic N) is 4. The number of hydrogen-bond donors (Lipinski definition) is 4. The van der Waals surface area contributed by atoms with Gasteiger partial charge in [0.25, 0.3) is 11.8 Å². The van der Waals surface area contributed by atoms with Crippen LogP contribution >= 0.6 is 0 Å². The van der Waals surface area contributed by atoms with Crippen molar-refractivity contribution in [3.63, 3.8) is 0 Å². The summed E-state index contributed by atoms with van der Waals surface area (Å²) in [4.78, 5) is 116. The van der Waals surface area contributed by atoms with Gasteiger partial charge < -0.3 is 36.0 Å². The number of carbonyl (C=O) groups excluding carboxylic acids is 8. The maximum Gasteiger partial charge on any atom is 0.268 e. The number of hydrogen-bond acceptors (Lipinski definition) is 8. The van der Waals surface area contributed by atoms with E-state index in [1.807, 2.05) is 84.9 Å². The van der Waals surface area contributed by atoms with E-state index in [1.54, 1.807) is 31.2 Å². The van der Waals surface area contributed by atoms with Crippen molar-refractivity contribution in [2.24, 2.45) is 28.7 Å². The normalized spacial score (nSPS) is 14.6. The molecule has 2 aromatic carbocycles. The summed E-state index contributed by atoms with van der Waals surface area (Å²) in [6, 6.07) is 13.0. The third-order valence-corrected chi connectivity index (χ3v) is 11.3. The van der Waals surface area contributed by atoms with Crippen LogP contribution in [0.2, 0.25) is 0 Å². The Hall–Kier alpha value is -5.93. The van der Waals surface area contributed by atoms with E-state index in [-0.39, 0.29) is 61.2 Å². The van der Waals surface area contributed by atoms with Gasteiger partial charge in [0.2, 0.25) is 35.4 Å². The minimum absolute atomic E-state index is 0.0533. The Kier molecular flexibility index (Phi) is 23.4. The monoisotopic (exact) mass is 917 g/mol. The Bertz CT molecular complexity index is 1960.